The third kappa shape index (κ3) is 27.4. The van der Waals surface area contributed by atoms with Gasteiger partial charge in [-0.25, -0.2) is 0 Å². The Morgan fingerprint density at radius 2 is 0.976 bits per heavy atom. The van der Waals surface area contributed by atoms with Gasteiger partial charge in [-0.3, -0.25) is 4.79 Å². The lowest BCUT2D eigenvalue weighted by Gasteiger charge is -2.21. The van der Waals surface area contributed by atoms with Crippen LogP contribution in [0.25, 0.3) is 0 Å². The predicted molar refractivity (Wildman–Crippen MR) is 181 cm³/mol. The Kier molecular flexibility index (Phi) is 31.4. The minimum absolute atomic E-state index is 0.380. The summed E-state index contributed by atoms with van der Waals surface area (Å²) in [6.07, 6.45) is 38.7. The van der Waals surface area contributed by atoms with Gasteiger partial charge in [0.2, 0.25) is 5.91 Å². The van der Waals surface area contributed by atoms with Crippen LogP contribution in [0.3, 0.4) is 0 Å². The second-order valence-electron chi connectivity index (χ2n) is 12.1. The quantitative estimate of drug-likeness (QED) is 0.0478. The fraction of sp³-hybridized carbons (Fsp3) is 0.811. The van der Waals surface area contributed by atoms with E-state index >= 15 is 0 Å². The van der Waals surface area contributed by atoms with Crippen LogP contribution >= 0.6 is 0 Å². The van der Waals surface area contributed by atoms with Crippen molar-refractivity contribution >= 4 is 5.91 Å². The van der Waals surface area contributed by atoms with Crippen molar-refractivity contribution in [2.75, 3.05) is 6.61 Å². The van der Waals surface area contributed by atoms with Gasteiger partial charge >= 0.3 is 0 Å². The summed E-state index contributed by atoms with van der Waals surface area (Å²) in [5, 5.41) is 32.8. The molecule has 1 amide bonds. The number of allylic oxidation sites excluding steroid dienone is 5. The molecule has 0 aliphatic carbocycles. The molecule has 3 atom stereocenters. The molecule has 246 valence electrons. The zero-order valence-electron chi connectivity index (χ0n) is 27.6. The van der Waals surface area contributed by atoms with Crippen molar-refractivity contribution in [2.24, 2.45) is 0 Å². The number of nitrogens with one attached hydrogen (secondary N) is 1. The molecule has 5 nitrogen and oxygen atoms in total. The highest BCUT2D eigenvalue weighted by Gasteiger charge is 2.22. The third-order valence-electron chi connectivity index (χ3n) is 7.96. The molecule has 0 aromatic rings. The summed E-state index contributed by atoms with van der Waals surface area (Å²) < 4.78 is 0. The molecular weight excluding hydrogens is 522 g/mol. The normalized spacial score (nSPS) is 14.3. The van der Waals surface area contributed by atoms with Gasteiger partial charge in [0, 0.05) is 0 Å². The number of rotatable bonds is 31. The van der Waals surface area contributed by atoms with Crippen molar-refractivity contribution in [2.45, 2.75) is 186 Å². The summed E-state index contributed by atoms with van der Waals surface area (Å²) in [5.74, 6) is -0.520. The van der Waals surface area contributed by atoms with Gasteiger partial charge < -0.3 is 20.6 Å². The molecular formula is C37H69NO4. The summed E-state index contributed by atoms with van der Waals surface area (Å²) >= 11 is 0. The number of amides is 1. The van der Waals surface area contributed by atoms with Crippen LogP contribution in [0.2, 0.25) is 0 Å². The Morgan fingerprint density at radius 1 is 0.571 bits per heavy atom. The van der Waals surface area contributed by atoms with Crippen LogP contribution in [0.4, 0.5) is 0 Å². The molecule has 0 aliphatic heterocycles. The van der Waals surface area contributed by atoms with Crippen LogP contribution in [0.15, 0.2) is 36.5 Å². The molecule has 0 bridgehead atoms. The van der Waals surface area contributed by atoms with E-state index < -0.39 is 24.2 Å². The lowest BCUT2D eigenvalue weighted by Crippen LogP contribution is -2.48. The lowest BCUT2D eigenvalue weighted by molar-refractivity contribution is -0.131. The molecule has 0 spiro atoms. The highest BCUT2D eigenvalue weighted by atomic mass is 16.3. The molecule has 0 aliphatic rings. The van der Waals surface area contributed by atoms with Crippen LogP contribution in [0.1, 0.15) is 168 Å². The molecule has 0 radical (unpaired) electrons. The first-order chi connectivity index (χ1) is 20.6. The lowest BCUT2D eigenvalue weighted by atomic mass is 10.0. The molecule has 0 aromatic heterocycles. The number of aliphatic hydroxyl groups excluding tert-OH is 3. The molecule has 0 saturated heterocycles. The first kappa shape index (κ1) is 40.6. The number of hydrogen-bond acceptors (Lipinski definition) is 4. The Hall–Kier alpha value is -1.43. The van der Waals surface area contributed by atoms with E-state index in [4.69, 9.17) is 0 Å². The molecule has 42 heavy (non-hydrogen) atoms. The molecule has 0 aromatic carbocycles. The first-order valence-electron chi connectivity index (χ1n) is 17.8. The van der Waals surface area contributed by atoms with Crippen molar-refractivity contribution in [3.63, 3.8) is 0 Å². The number of unbranched alkanes of at least 4 members (excludes halogenated alkanes) is 19. The number of hydrogen-bond donors (Lipinski definition) is 4. The van der Waals surface area contributed by atoms with Crippen LogP contribution in [-0.4, -0.2) is 46.1 Å². The van der Waals surface area contributed by atoms with E-state index in [0.717, 1.165) is 44.9 Å². The summed E-state index contributed by atoms with van der Waals surface area (Å²) in [5.41, 5.74) is 0. The van der Waals surface area contributed by atoms with Gasteiger partial charge in [-0.1, -0.05) is 159 Å². The fourth-order valence-corrected chi connectivity index (χ4v) is 5.10. The standard InChI is InChI=1S/C37H69NO4/c1-3-5-7-9-11-13-15-17-18-19-20-22-23-25-27-29-31-35(40)34(33-39)38-37(42)36(41)32-30-28-26-24-21-16-14-12-10-8-6-4-2/h17-18,22-23,29,31,34-36,39-41H,3-16,19-21,24-28,30,32-33H2,1-2H3,(H,38,42)/b18-17+,23-22+,31-29+. The van der Waals surface area contributed by atoms with E-state index in [2.05, 4.69) is 43.5 Å². The average Bonchev–Trinajstić information content (AvgIpc) is 2.99. The summed E-state index contributed by atoms with van der Waals surface area (Å²) in [6.45, 7) is 4.12. The number of aliphatic hydroxyl groups is 3. The van der Waals surface area contributed by atoms with E-state index in [9.17, 15) is 20.1 Å². The third-order valence-corrected chi connectivity index (χ3v) is 7.96. The van der Waals surface area contributed by atoms with Crippen molar-refractivity contribution in [3.05, 3.63) is 36.5 Å². The summed E-state index contributed by atoms with van der Waals surface area (Å²) in [4.78, 5) is 12.4. The Bertz CT molecular complexity index is 660. The molecule has 5 heteroatoms. The van der Waals surface area contributed by atoms with E-state index in [1.807, 2.05) is 6.08 Å². The van der Waals surface area contributed by atoms with Crippen molar-refractivity contribution < 1.29 is 20.1 Å². The molecule has 3 unspecified atom stereocenters. The van der Waals surface area contributed by atoms with Crippen molar-refractivity contribution in [3.8, 4) is 0 Å². The molecule has 0 saturated carbocycles. The van der Waals surface area contributed by atoms with Gasteiger partial charge in [-0.05, 0) is 44.9 Å². The van der Waals surface area contributed by atoms with Crippen molar-refractivity contribution in [1.29, 1.82) is 0 Å². The second kappa shape index (κ2) is 32.5. The highest BCUT2D eigenvalue weighted by molar-refractivity contribution is 5.80. The SMILES string of the molecule is CCCCCCCC/C=C/CC/C=C/CC/C=C/C(O)C(CO)NC(=O)C(O)CCCCCCCCCCCCCC. The van der Waals surface area contributed by atoms with Gasteiger partial charge in [-0.2, -0.15) is 0 Å². The minimum atomic E-state index is -1.10. The second-order valence-corrected chi connectivity index (χ2v) is 12.1. The average molecular weight is 592 g/mol. The maximum atomic E-state index is 12.4. The largest absolute Gasteiger partial charge is 0.394 e. The topological polar surface area (TPSA) is 89.8 Å². The molecule has 0 rings (SSSR count). The van der Waals surface area contributed by atoms with Gasteiger partial charge in [-0.15, -0.1) is 0 Å². The van der Waals surface area contributed by atoms with Crippen LogP contribution < -0.4 is 5.32 Å². The molecule has 0 fully saturated rings. The predicted octanol–water partition coefficient (Wildman–Crippen LogP) is 9.26. The van der Waals surface area contributed by atoms with E-state index in [-0.39, 0.29) is 6.61 Å². The molecule has 0 heterocycles. The van der Waals surface area contributed by atoms with Gasteiger partial charge in [0.1, 0.15) is 6.10 Å². The minimum Gasteiger partial charge on any atom is -0.394 e. The van der Waals surface area contributed by atoms with E-state index in [1.54, 1.807) is 6.08 Å². The van der Waals surface area contributed by atoms with Crippen LogP contribution in [0.5, 0.6) is 0 Å². The molecule has 4 N–H and O–H groups in total. The smallest absolute Gasteiger partial charge is 0.249 e. The zero-order chi connectivity index (χ0) is 30.9. The number of carbonyl (C=O) groups is 1. The number of carbonyl (C=O) groups excluding carboxylic acids is 1. The van der Waals surface area contributed by atoms with Crippen LogP contribution in [0, 0.1) is 0 Å². The van der Waals surface area contributed by atoms with Gasteiger partial charge in [0.05, 0.1) is 18.8 Å². The Labute approximate surface area is 260 Å². The summed E-state index contributed by atoms with van der Waals surface area (Å²) in [6, 6.07) is -0.816. The maximum absolute atomic E-state index is 12.4. The Morgan fingerprint density at radius 3 is 1.45 bits per heavy atom. The fourth-order valence-electron chi connectivity index (χ4n) is 5.10. The van der Waals surface area contributed by atoms with E-state index in [0.29, 0.717) is 6.42 Å². The monoisotopic (exact) mass is 592 g/mol. The first-order valence-corrected chi connectivity index (χ1v) is 17.8. The van der Waals surface area contributed by atoms with Gasteiger partial charge in [0.25, 0.3) is 0 Å². The van der Waals surface area contributed by atoms with Crippen LogP contribution in [-0.2, 0) is 4.79 Å². The van der Waals surface area contributed by atoms with Gasteiger partial charge in [0.15, 0.2) is 0 Å². The summed E-state index contributed by atoms with van der Waals surface area (Å²) in [7, 11) is 0. The highest BCUT2D eigenvalue weighted by Crippen LogP contribution is 2.13. The zero-order valence-corrected chi connectivity index (χ0v) is 27.6. The maximum Gasteiger partial charge on any atom is 0.249 e. The van der Waals surface area contributed by atoms with E-state index in [1.165, 1.54) is 103 Å². The Balaban J connectivity index is 3.85. The van der Waals surface area contributed by atoms with Crippen molar-refractivity contribution in [1.82, 2.24) is 5.32 Å².